The molecule has 0 radical (unpaired) electrons. The number of halogens is 4. The maximum absolute atomic E-state index is 13.1. The van der Waals surface area contributed by atoms with Gasteiger partial charge in [0, 0.05) is 11.3 Å². The Morgan fingerprint density at radius 2 is 2.05 bits per heavy atom. The lowest BCUT2D eigenvalue weighted by molar-refractivity contribution is -0.139. The molecular formula is C11H11F4N5. The summed E-state index contributed by atoms with van der Waals surface area (Å²) in [6, 6.07) is 4.90. The van der Waals surface area contributed by atoms with Crippen LogP contribution in [0.3, 0.4) is 0 Å². The van der Waals surface area contributed by atoms with Crippen LogP contribution in [0.25, 0.3) is 11.4 Å². The van der Waals surface area contributed by atoms with Crippen LogP contribution in [0.15, 0.2) is 18.2 Å². The van der Waals surface area contributed by atoms with Crippen LogP contribution in [0, 0.1) is 6.92 Å². The standard InChI is InChI=1S/C11H11F4N5/c1-6-3-2-4-7(8(6)16)9-17-18-19-20(9)5-11(14,15)10(12)13/h2-4,10H,5,16H2,1H3. The monoisotopic (exact) mass is 289 g/mol. The van der Waals surface area contributed by atoms with Crippen molar-refractivity contribution in [3.63, 3.8) is 0 Å². The lowest BCUT2D eigenvalue weighted by atomic mass is 10.1. The van der Waals surface area contributed by atoms with E-state index >= 15 is 0 Å². The molecule has 9 heteroatoms. The summed E-state index contributed by atoms with van der Waals surface area (Å²) in [6.45, 7) is 0.404. The van der Waals surface area contributed by atoms with Crippen molar-refractivity contribution < 1.29 is 17.6 Å². The van der Waals surface area contributed by atoms with Crippen LogP contribution in [0.2, 0.25) is 0 Å². The highest BCUT2D eigenvalue weighted by Gasteiger charge is 2.42. The van der Waals surface area contributed by atoms with E-state index in [-0.39, 0.29) is 5.82 Å². The van der Waals surface area contributed by atoms with Crippen molar-refractivity contribution in [2.45, 2.75) is 25.8 Å². The first-order chi connectivity index (χ1) is 9.33. The van der Waals surface area contributed by atoms with Gasteiger partial charge in [-0.1, -0.05) is 12.1 Å². The van der Waals surface area contributed by atoms with E-state index in [9.17, 15) is 17.6 Å². The fourth-order valence-corrected chi connectivity index (χ4v) is 1.65. The normalized spacial score (nSPS) is 12.1. The number of rotatable bonds is 4. The largest absolute Gasteiger partial charge is 0.398 e. The van der Waals surface area contributed by atoms with Crippen LogP contribution in [0.5, 0.6) is 0 Å². The number of aromatic nitrogens is 4. The van der Waals surface area contributed by atoms with Crippen LogP contribution in [0.4, 0.5) is 23.2 Å². The first kappa shape index (κ1) is 14.2. The molecule has 0 aliphatic rings. The quantitative estimate of drug-likeness (QED) is 0.691. The Labute approximate surface area is 111 Å². The predicted molar refractivity (Wildman–Crippen MR) is 63.4 cm³/mol. The second-order valence-electron chi connectivity index (χ2n) is 4.26. The number of hydrogen-bond donors (Lipinski definition) is 1. The summed E-state index contributed by atoms with van der Waals surface area (Å²) < 4.78 is 51.2. The number of nitrogen functional groups attached to an aromatic ring is 1. The van der Waals surface area contributed by atoms with Crippen molar-refractivity contribution in [1.29, 1.82) is 0 Å². The summed E-state index contributed by atoms with van der Waals surface area (Å²) in [4.78, 5) is 0. The second kappa shape index (κ2) is 5.06. The molecule has 0 aliphatic carbocycles. The molecule has 2 N–H and O–H groups in total. The van der Waals surface area contributed by atoms with Gasteiger partial charge in [-0.15, -0.1) is 5.10 Å². The Bertz CT molecular complexity index is 611. The summed E-state index contributed by atoms with van der Waals surface area (Å²) in [6.07, 6.45) is -3.80. The van der Waals surface area contributed by atoms with Crippen LogP contribution in [0.1, 0.15) is 5.56 Å². The van der Waals surface area contributed by atoms with Gasteiger partial charge in [0.05, 0.1) is 0 Å². The van der Waals surface area contributed by atoms with E-state index in [2.05, 4.69) is 15.5 Å². The van der Waals surface area contributed by atoms with E-state index in [0.29, 0.717) is 21.5 Å². The molecule has 1 heterocycles. The van der Waals surface area contributed by atoms with Gasteiger partial charge >= 0.3 is 12.3 Å². The van der Waals surface area contributed by atoms with Crippen LogP contribution in [-0.4, -0.2) is 32.6 Å². The van der Waals surface area contributed by atoms with Crippen molar-refractivity contribution >= 4 is 5.69 Å². The van der Waals surface area contributed by atoms with Gasteiger partial charge in [0.2, 0.25) is 0 Å². The number of aryl methyl sites for hydroxylation is 1. The first-order valence-corrected chi connectivity index (χ1v) is 5.60. The maximum atomic E-state index is 13.1. The van der Waals surface area contributed by atoms with Gasteiger partial charge in [0.15, 0.2) is 5.82 Å². The Morgan fingerprint density at radius 3 is 2.70 bits per heavy atom. The highest BCUT2D eigenvalue weighted by molar-refractivity contribution is 5.73. The molecule has 0 aliphatic heterocycles. The number of para-hydroxylation sites is 1. The minimum atomic E-state index is -4.22. The van der Waals surface area contributed by atoms with Crippen LogP contribution in [-0.2, 0) is 6.54 Å². The van der Waals surface area contributed by atoms with Gasteiger partial charge in [-0.05, 0) is 29.0 Å². The van der Waals surface area contributed by atoms with Crippen molar-refractivity contribution in [3.8, 4) is 11.4 Å². The molecule has 1 aromatic heterocycles. The third-order valence-electron chi connectivity index (χ3n) is 2.78. The summed E-state index contributed by atoms with van der Waals surface area (Å²) >= 11 is 0. The van der Waals surface area contributed by atoms with E-state index < -0.39 is 18.9 Å². The fourth-order valence-electron chi connectivity index (χ4n) is 1.65. The van der Waals surface area contributed by atoms with Crippen molar-refractivity contribution in [2.75, 3.05) is 5.73 Å². The molecule has 0 spiro atoms. The van der Waals surface area contributed by atoms with Gasteiger partial charge in [0.1, 0.15) is 6.54 Å². The summed E-state index contributed by atoms with van der Waals surface area (Å²) in [5, 5.41) is 10.1. The summed E-state index contributed by atoms with van der Waals surface area (Å²) in [7, 11) is 0. The Morgan fingerprint density at radius 1 is 1.35 bits per heavy atom. The molecule has 0 unspecified atom stereocenters. The molecule has 0 fully saturated rings. The minimum absolute atomic E-state index is 0.0773. The molecule has 108 valence electrons. The van der Waals surface area contributed by atoms with E-state index in [4.69, 9.17) is 5.73 Å². The van der Waals surface area contributed by atoms with E-state index in [1.807, 2.05) is 0 Å². The van der Waals surface area contributed by atoms with E-state index in [0.717, 1.165) is 0 Å². The average molecular weight is 289 g/mol. The molecule has 0 atom stereocenters. The van der Waals surface area contributed by atoms with E-state index in [1.165, 1.54) is 6.07 Å². The summed E-state index contributed by atoms with van der Waals surface area (Å²) in [5.74, 6) is -4.30. The van der Waals surface area contributed by atoms with Gasteiger partial charge in [-0.2, -0.15) is 8.78 Å². The molecule has 2 rings (SSSR count). The van der Waals surface area contributed by atoms with Crippen molar-refractivity contribution in [3.05, 3.63) is 23.8 Å². The van der Waals surface area contributed by atoms with Crippen molar-refractivity contribution in [2.24, 2.45) is 0 Å². The average Bonchev–Trinajstić information content (AvgIpc) is 2.80. The maximum Gasteiger partial charge on any atom is 0.326 e. The first-order valence-electron chi connectivity index (χ1n) is 5.60. The zero-order chi connectivity index (χ0) is 14.9. The fraction of sp³-hybridized carbons (Fsp3) is 0.364. The Kier molecular flexibility index (Phi) is 3.60. The molecule has 0 saturated carbocycles. The molecule has 0 bridgehead atoms. The smallest absolute Gasteiger partial charge is 0.326 e. The molecule has 5 nitrogen and oxygen atoms in total. The topological polar surface area (TPSA) is 69.6 Å². The molecule has 0 amide bonds. The Balaban J connectivity index is 2.41. The third-order valence-corrected chi connectivity index (χ3v) is 2.78. The molecular weight excluding hydrogens is 278 g/mol. The summed E-state index contributed by atoms with van der Waals surface area (Å²) in [5.41, 5.74) is 7.16. The minimum Gasteiger partial charge on any atom is -0.398 e. The van der Waals surface area contributed by atoms with Gasteiger partial charge < -0.3 is 5.73 Å². The van der Waals surface area contributed by atoms with Gasteiger partial charge in [-0.25, -0.2) is 13.5 Å². The predicted octanol–water partition coefficient (Wildman–Crippen LogP) is 2.13. The van der Waals surface area contributed by atoms with E-state index in [1.54, 1.807) is 19.1 Å². The molecule has 1 aromatic carbocycles. The highest BCUT2D eigenvalue weighted by atomic mass is 19.3. The molecule has 20 heavy (non-hydrogen) atoms. The number of nitrogens with zero attached hydrogens (tertiary/aromatic N) is 4. The zero-order valence-electron chi connectivity index (χ0n) is 10.4. The number of anilines is 1. The number of alkyl halides is 4. The third kappa shape index (κ3) is 2.56. The number of nitrogens with two attached hydrogens (primary N) is 1. The van der Waals surface area contributed by atoms with Gasteiger partial charge in [-0.3, -0.25) is 0 Å². The lowest BCUT2D eigenvalue weighted by Gasteiger charge is -2.16. The number of hydrogen-bond acceptors (Lipinski definition) is 4. The SMILES string of the molecule is Cc1cccc(-c2nnnn2CC(F)(F)C(F)F)c1N. The number of benzene rings is 1. The Hall–Kier alpha value is -2.19. The van der Waals surface area contributed by atoms with Crippen LogP contribution < -0.4 is 5.73 Å². The van der Waals surface area contributed by atoms with Crippen LogP contribution >= 0.6 is 0 Å². The zero-order valence-corrected chi connectivity index (χ0v) is 10.4. The number of tetrazole rings is 1. The molecule has 0 saturated heterocycles. The lowest BCUT2D eigenvalue weighted by Crippen LogP contribution is -2.33. The van der Waals surface area contributed by atoms with Crippen molar-refractivity contribution in [1.82, 2.24) is 20.2 Å². The second-order valence-corrected chi connectivity index (χ2v) is 4.26. The molecule has 2 aromatic rings. The van der Waals surface area contributed by atoms with Gasteiger partial charge in [0.25, 0.3) is 0 Å². The highest BCUT2D eigenvalue weighted by Crippen LogP contribution is 2.29.